The number of anilines is 1. The summed E-state index contributed by atoms with van der Waals surface area (Å²) in [7, 11) is 0. The number of carboxylic acids is 1. The molecule has 1 aliphatic rings. The average molecular weight is 220 g/mol. The lowest BCUT2D eigenvalue weighted by Gasteiger charge is -2.22. The third-order valence-corrected chi connectivity index (χ3v) is 2.93. The maximum Gasteiger partial charge on any atom is 0.354 e. The summed E-state index contributed by atoms with van der Waals surface area (Å²) in [5.41, 5.74) is 1.11. The van der Waals surface area contributed by atoms with Crippen LogP contribution in [0.5, 0.6) is 0 Å². The zero-order chi connectivity index (χ0) is 11.4. The first kappa shape index (κ1) is 10.9. The normalized spacial score (nSPS) is 16.9. The molecule has 2 heterocycles. The summed E-state index contributed by atoms with van der Waals surface area (Å²) in [4.78, 5) is 16.9. The molecule has 2 rings (SSSR count). The van der Waals surface area contributed by atoms with Gasteiger partial charge >= 0.3 is 5.97 Å². The molecular weight excluding hydrogens is 204 g/mol. The summed E-state index contributed by atoms with van der Waals surface area (Å²) >= 11 is 0. The van der Waals surface area contributed by atoms with Crippen LogP contribution in [0.3, 0.4) is 0 Å². The Kier molecular flexibility index (Phi) is 3.39. The first-order chi connectivity index (χ1) is 7.77. The van der Waals surface area contributed by atoms with Gasteiger partial charge in [-0.25, -0.2) is 9.78 Å². The van der Waals surface area contributed by atoms with Crippen LogP contribution in [-0.2, 0) is 0 Å². The second kappa shape index (κ2) is 4.96. The molecule has 0 amide bonds. The molecule has 1 aromatic rings. The van der Waals surface area contributed by atoms with Gasteiger partial charge in [0.05, 0.1) is 0 Å². The maximum atomic E-state index is 10.8. The second-order valence-electron chi connectivity index (χ2n) is 4.11. The fraction of sp³-hybridized carbons (Fsp3) is 0.500. The summed E-state index contributed by atoms with van der Waals surface area (Å²) < 4.78 is 0. The van der Waals surface area contributed by atoms with Gasteiger partial charge in [-0.2, -0.15) is 0 Å². The van der Waals surface area contributed by atoms with Gasteiger partial charge in [0, 0.05) is 25.0 Å². The molecule has 16 heavy (non-hydrogen) atoms. The predicted molar refractivity (Wildman–Crippen MR) is 61.9 cm³/mol. The summed E-state index contributed by atoms with van der Waals surface area (Å²) in [5, 5.41) is 8.88. The quantitative estimate of drug-likeness (QED) is 0.829. The lowest BCUT2D eigenvalue weighted by Crippen LogP contribution is -2.24. The molecule has 4 heteroatoms. The van der Waals surface area contributed by atoms with Crippen LogP contribution >= 0.6 is 0 Å². The Morgan fingerprint density at radius 1 is 1.25 bits per heavy atom. The van der Waals surface area contributed by atoms with Crippen LogP contribution in [0.1, 0.15) is 36.2 Å². The Morgan fingerprint density at radius 3 is 2.56 bits per heavy atom. The Labute approximate surface area is 94.9 Å². The van der Waals surface area contributed by atoms with Crippen molar-refractivity contribution in [2.24, 2.45) is 0 Å². The highest BCUT2D eigenvalue weighted by Gasteiger charge is 2.12. The first-order valence-corrected chi connectivity index (χ1v) is 5.71. The van der Waals surface area contributed by atoms with Gasteiger partial charge < -0.3 is 10.0 Å². The Hall–Kier alpha value is -1.58. The minimum Gasteiger partial charge on any atom is -0.477 e. The third-order valence-electron chi connectivity index (χ3n) is 2.93. The van der Waals surface area contributed by atoms with Gasteiger partial charge in [0.15, 0.2) is 0 Å². The van der Waals surface area contributed by atoms with Crippen molar-refractivity contribution in [2.75, 3.05) is 18.0 Å². The molecule has 0 spiro atoms. The van der Waals surface area contributed by atoms with Crippen molar-refractivity contribution in [3.05, 3.63) is 24.0 Å². The summed E-state index contributed by atoms with van der Waals surface area (Å²) in [6.45, 7) is 2.03. The zero-order valence-electron chi connectivity index (χ0n) is 9.22. The lowest BCUT2D eigenvalue weighted by molar-refractivity contribution is 0.0690. The monoisotopic (exact) mass is 220 g/mol. The first-order valence-electron chi connectivity index (χ1n) is 5.71. The van der Waals surface area contributed by atoms with E-state index in [4.69, 9.17) is 5.11 Å². The molecular formula is C12H16N2O2. The fourth-order valence-electron chi connectivity index (χ4n) is 2.06. The molecule has 4 nitrogen and oxygen atoms in total. The molecule has 0 unspecified atom stereocenters. The number of aromatic nitrogens is 1. The smallest absolute Gasteiger partial charge is 0.354 e. The predicted octanol–water partition coefficient (Wildman–Crippen LogP) is 2.16. The minimum absolute atomic E-state index is 0.127. The highest BCUT2D eigenvalue weighted by molar-refractivity contribution is 5.86. The van der Waals surface area contributed by atoms with Crippen LogP contribution in [0.15, 0.2) is 18.3 Å². The molecule has 1 N–H and O–H groups in total. The molecule has 1 aromatic heterocycles. The number of carboxylic acid groups (broad SMARTS) is 1. The van der Waals surface area contributed by atoms with Gasteiger partial charge in [-0.3, -0.25) is 0 Å². The van der Waals surface area contributed by atoms with E-state index in [9.17, 15) is 4.79 Å². The highest BCUT2D eigenvalue weighted by atomic mass is 16.4. The number of nitrogens with zero attached hydrogens (tertiary/aromatic N) is 2. The van der Waals surface area contributed by atoms with Crippen LogP contribution < -0.4 is 4.90 Å². The molecule has 1 fully saturated rings. The Morgan fingerprint density at radius 2 is 1.94 bits per heavy atom. The van der Waals surface area contributed by atoms with Crippen molar-refractivity contribution in [1.29, 1.82) is 0 Å². The van der Waals surface area contributed by atoms with E-state index >= 15 is 0 Å². The van der Waals surface area contributed by atoms with E-state index in [0.717, 1.165) is 18.8 Å². The van der Waals surface area contributed by atoms with Gasteiger partial charge in [-0.05, 0) is 25.0 Å². The molecule has 1 aliphatic heterocycles. The lowest BCUT2D eigenvalue weighted by atomic mass is 10.2. The number of pyridine rings is 1. The SMILES string of the molecule is O=C(O)c1cc(N2CCCCCC2)ccn1. The van der Waals surface area contributed by atoms with Crippen molar-refractivity contribution in [3.8, 4) is 0 Å². The maximum absolute atomic E-state index is 10.8. The second-order valence-corrected chi connectivity index (χ2v) is 4.11. The van der Waals surface area contributed by atoms with E-state index < -0.39 is 5.97 Å². The number of carbonyl (C=O) groups is 1. The molecule has 0 aliphatic carbocycles. The van der Waals surface area contributed by atoms with Crippen molar-refractivity contribution < 1.29 is 9.90 Å². The Balaban J connectivity index is 2.18. The van der Waals surface area contributed by atoms with E-state index in [1.165, 1.54) is 25.7 Å². The van der Waals surface area contributed by atoms with E-state index in [2.05, 4.69) is 9.88 Å². The standard InChI is InChI=1S/C12H16N2O2/c15-12(16)11-9-10(5-6-13-11)14-7-3-1-2-4-8-14/h5-6,9H,1-4,7-8H2,(H,15,16). The van der Waals surface area contributed by atoms with E-state index in [-0.39, 0.29) is 5.69 Å². The largest absolute Gasteiger partial charge is 0.477 e. The number of hydrogen-bond acceptors (Lipinski definition) is 3. The molecule has 1 saturated heterocycles. The Bertz CT molecular complexity index is 371. The van der Waals surface area contributed by atoms with Crippen LogP contribution in [0.2, 0.25) is 0 Å². The van der Waals surface area contributed by atoms with Crippen LogP contribution in [0.4, 0.5) is 5.69 Å². The van der Waals surface area contributed by atoms with E-state index in [1.807, 2.05) is 6.07 Å². The fourth-order valence-corrected chi connectivity index (χ4v) is 2.06. The van der Waals surface area contributed by atoms with Crippen molar-refractivity contribution in [1.82, 2.24) is 4.98 Å². The molecule has 86 valence electrons. The van der Waals surface area contributed by atoms with Crippen LogP contribution in [0, 0.1) is 0 Å². The number of aromatic carboxylic acids is 1. The molecule has 0 radical (unpaired) electrons. The van der Waals surface area contributed by atoms with Crippen LogP contribution in [-0.4, -0.2) is 29.1 Å². The molecule has 0 aromatic carbocycles. The minimum atomic E-state index is -0.961. The van der Waals surface area contributed by atoms with Crippen molar-refractivity contribution in [2.45, 2.75) is 25.7 Å². The summed E-state index contributed by atoms with van der Waals surface area (Å²) in [5.74, 6) is -0.961. The van der Waals surface area contributed by atoms with E-state index in [1.54, 1.807) is 12.3 Å². The highest BCUT2D eigenvalue weighted by Crippen LogP contribution is 2.19. The molecule has 0 bridgehead atoms. The van der Waals surface area contributed by atoms with Gasteiger partial charge in [0.2, 0.25) is 0 Å². The summed E-state index contributed by atoms with van der Waals surface area (Å²) in [6, 6.07) is 3.55. The van der Waals surface area contributed by atoms with Crippen molar-refractivity contribution >= 4 is 11.7 Å². The molecule has 0 atom stereocenters. The van der Waals surface area contributed by atoms with Gasteiger partial charge in [-0.15, -0.1) is 0 Å². The van der Waals surface area contributed by atoms with Gasteiger partial charge in [-0.1, -0.05) is 12.8 Å². The molecule has 0 saturated carbocycles. The third kappa shape index (κ3) is 2.51. The number of rotatable bonds is 2. The number of hydrogen-bond donors (Lipinski definition) is 1. The van der Waals surface area contributed by atoms with Gasteiger partial charge in [0.1, 0.15) is 5.69 Å². The van der Waals surface area contributed by atoms with E-state index in [0.29, 0.717) is 0 Å². The van der Waals surface area contributed by atoms with Crippen LogP contribution in [0.25, 0.3) is 0 Å². The average Bonchev–Trinajstić information content (AvgIpc) is 2.57. The zero-order valence-corrected chi connectivity index (χ0v) is 9.22. The summed E-state index contributed by atoms with van der Waals surface area (Å²) in [6.07, 6.45) is 6.49. The van der Waals surface area contributed by atoms with Crippen molar-refractivity contribution in [3.63, 3.8) is 0 Å². The van der Waals surface area contributed by atoms with Gasteiger partial charge in [0.25, 0.3) is 0 Å². The topological polar surface area (TPSA) is 53.4 Å².